The van der Waals surface area contributed by atoms with E-state index in [1.807, 2.05) is 59.7 Å². The summed E-state index contributed by atoms with van der Waals surface area (Å²) < 4.78 is 5.48. The normalized spacial score (nSPS) is 12.2. The lowest BCUT2D eigenvalue weighted by atomic mass is 10.0. The molecule has 0 radical (unpaired) electrons. The van der Waals surface area contributed by atoms with Crippen LogP contribution >= 0.6 is 0 Å². The standard InChI is InChI=1S/C16H25NO3/c1-15(2,3)17(14(19)20-16(4,5)6)13-9-7-8-12(10-13)11-18/h7-10,18H,11H2,1-6H3. The maximum Gasteiger partial charge on any atom is 0.415 e. The lowest BCUT2D eigenvalue weighted by Crippen LogP contribution is -2.48. The van der Waals surface area contributed by atoms with Crippen molar-refractivity contribution in [3.8, 4) is 0 Å². The number of rotatable bonds is 2. The highest BCUT2D eigenvalue weighted by Gasteiger charge is 2.32. The largest absolute Gasteiger partial charge is 0.443 e. The third-order valence-corrected chi connectivity index (χ3v) is 2.60. The van der Waals surface area contributed by atoms with Crippen molar-refractivity contribution in [1.29, 1.82) is 0 Å². The Labute approximate surface area is 121 Å². The number of amides is 1. The summed E-state index contributed by atoms with van der Waals surface area (Å²) in [5.41, 5.74) is 0.518. The first-order valence-electron chi connectivity index (χ1n) is 6.77. The highest BCUT2D eigenvalue weighted by atomic mass is 16.6. The molecular formula is C16H25NO3. The fourth-order valence-corrected chi connectivity index (χ4v) is 1.87. The predicted molar refractivity (Wildman–Crippen MR) is 80.8 cm³/mol. The van der Waals surface area contributed by atoms with E-state index in [-0.39, 0.29) is 12.7 Å². The maximum absolute atomic E-state index is 12.4. The molecule has 0 spiro atoms. The zero-order chi connectivity index (χ0) is 15.6. The molecule has 0 heterocycles. The highest BCUT2D eigenvalue weighted by Crippen LogP contribution is 2.27. The van der Waals surface area contributed by atoms with E-state index in [4.69, 9.17) is 4.74 Å². The van der Waals surface area contributed by atoms with Crippen LogP contribution in [-0.2, 0) is 11.3 Å². The maximum atomic E-state index is 12.4. The van der Waals surface area contributed by atoms with E-state index in [0.717, 1.165) is 11.3 Å². The quantitative estimate of drug-likeness (QED) is 0.897. The Kier molecular flexibility index (Phi) is 4.81. The number of aliphatic hydroxyl groups is 1. The van der Waals surface area contributed by atoms with Crippen LogP contribution in [0.3, 0.4) is 0 Å². The van der Waals surface area contributed by atoms with Crippen molar-refractivity contribution in [3.63, 3.8) is 0 Å². The molecule has 0 aliphatic carbocycles. The predicted octanol–water partition coefficient (Wildman–Crippen LogP) is 3.72. The number of anilines is 1. The van der Waals surface area contributed by atoms with Crippen molar-refractivity contribution >= 4 is 11.8 Å². The van der Waals surface area contributed by atoms with Crippen LogP contribution in [0.4, 0.5) is 10.5 Å². The van der Waals surface area contributed by atoms with Gasteiger partial charge in [-0.3, -0.25) is 4.90 Å². The Morgan fingerprint density at radius 2 is 1.80 bits per heavy atom. The summed E-state index contributed by atoms with van der Waals surface area (Å²) in [5.74, 6) is 0. The molecule has 4 heteroatoms. The molecule has 1 aromatic carbocycles. The van der Waals surface area contributed by atoms with Gasteiger partial charge in [0.25, 0.3) is 0 Å². The van der Waals surface area contributed by atoms with E-state index in [9.17, 15) is 9.90 Å². The first-order chi connectivity index (χ1) is 9.04. The summed E-state index contributed by atoms with van der Waals surface area (Å²) in [4.78, 5) is 14.1. The minimum absolute atomic E-state index is 0.0554. The number of nitrogens with zero attached hydrogens (tertiary/aromatic N) is 1. The van der Waals surface area contributed by atoms with Gasteiger partial charge in [-0.05, 0) is 59.2 Å². The molecule has 4 nitrogen and oxygen atoms in total. The van der Waals surface area contributed by atoms with Crippen molar-refractivity contribution in [1.82, 2.24) is 0 Å². The molecule has 0 fully saturated rings. The van der Waals surface area contributed by atoms with Gasteiger partial charge in [0.15, 0.2) is 0 Å². The lowest BCUT2D eigenvalue weighted by molar-refractivity contribution is 0.0550. The second-order valence-corrected chi connectivity index (χ2v) is 6.81. The molecule has 0 unspecified atom stereocenters. The number of hydrogen-bond acceptors (Lipinski definition) is 3. The summed E-state index contributed by atoms with van der Waals surface area (Å²) in [6.45, 7) is 11.3. The molecule has 1 rings (SSSR count). The van der Waals surface area contributed by atoms with E-state index in [1.165, 1.54) is 0 Å². The van der Waals surface area contributed by atoms with Gasteiger partial charge in [0.1, 0.15) is 5.60 Å². The first-order valence-corrected chi connectivity index (χ1v) is 6.77. The Morgan fingerprint density at radius 3 is 2.25 bits per heavy atom. The Morgan fingerprint density at radius 1 is 1.20 bits per heavy atom. The molecule has 0 saturated carbocycles. The topological polar surface area (TPSA) is 49.8 Å². The molecule has 0 saturated heterocycles. The molecule has 20 heavy (non-hydrogen) atoms. The zero-order valence-electron chi connectivity index (χ0n) is 13.2. The number of carbonyl (C=O) groups excluding carboxylic acids is 1. The van der Waals surface area contributed by atoms with Crippen molar-refractivity contribution in [2.24, 2.45) is 0 Å². The second kappa shape index (κ2) is 5.83. The van der Waals surface area contributed by atoms with Crippen LogP contribution in [-0.4, -0.2) is 22.3 Å². The minimum Gasteiger partial charge on any atom is -0.443 e. The smallest absolute Gasteiger partial charge is 0.415 e. The van der Waals surface area contributed by atoms with Crippen molar-refractivity contribution in [2.45, 2.75) is 59.3 Å². The molecule has 1 aromatic rings. The van der Waals surface area contributed by atoms with Crippen LogP contribution in [0.5, 0.6) is 0 Å². The Bertz CT molecular complexity index is 469. The zero-order valence-corrected chi connectivity index (χ0v) is 13.2. The van der Waals surface area contributed by atoms with Crippen molar-refractivity contribution in [2.75, 3.05) is 4.90 Å². The number of aliphatic hydroxyl groups excluding tert-OH is 1. The van der Waals surface area contributed by atoms with E-state index in [2.05, 4.69) is 0 Å². The molecule has 0 aliphatic rings. The number of ether oxygens (including phenoxy) is 1. The summed E-state index contributed by atoms with van der Waals surface area (Å²) in [7, 11) is 0. The van der Waals surface area contributed by atoms with Gasteiger partial charge in [-0.2, -0.15) is 0 Å². The average Bonchev–Trinajstić information content (AvgIpc) is 2.24. The third-order valence-electron chi connectivity index (χ3n) is 2.60. The SMILES string of the molecule is CC(C)(C)OC(=O)N(c1cccc(CO)c1)C(C)(C)C. The van der Waals surface area contributed by atoms with Gasteiger partial charge >= 0.3 is 6.09 Å². The summed E-state index contributed by atoms with van der Waals surface area (Å²) in [6.07, 6.45) is -0.389. The van der Waals surface area contributed by atoms with Gasteiger partial charge in [-0.15, -0.1) is 0 Å². The summed E-state index contributed by atoms with van der Waals surface area (Å²) >= 11 is 0. The number of benzene rings is 1. The third kappa shape index (κ3) is 4.53. The van der Waals surface area contributed by atoms with Crippen molar-refractivity contribution in [3.05, 3.63) is 29.8 Å². The van der Waals surface area contributed by atoms with Gasteiger partial charge in [-0.1, -0.05) is 12.1 Å². The first kappa shape index (κ1) is 16.5. The van der Waals surface area contributed by atoms with Crippen LogP contribution in [0.2, 0.25) is 0 Å². The molecule has 1 N–H and O–H groups in total. The number of hydrogen-bond donors (Lipinski definition) is 1. The molecule has 0 aromatic heterocycles. The molecule has 0 aliphatic heterocycles. The van der Waals surface area contributed by atoms with Gasteiger partial charge < -0.3 is 9.84 Å². The second-order valence-electron chi connectivity index (χ2n) is 6.81. The fourth-order valence-electron chi connectivity index (χ4n) is 1.87. The van der Waals surface area contributed by atoms with Gasteiger partial charge in [0.05, 0.1) is 6.61 Å². The van der Waals surface area contributed by atoms with E-state index < -0.39 is 11.1 Å². The van der Waals surface area contributed by atoms with Crippen LogP contribution in [0.1, 0.15) is 47.1 Å². The Balaban J connectivity index is 3.16. The molecule has 1 amide bonds. The summed E-state index contributed by atoms with van der Waals surface area (Å²) in [6, 6.07) is 7.28. The molecule has 0 atom stereocenters. The van der Waals surface area contributed by atoms with E-state index in [0.29, 0.717) is 0 Å². The molecule has 0 bridgehead atoms. The van der Waals surface area contributed by atoms with Crippen molar-refractivity contribution < 1.29 is 14.6 Å². The molecular weight excluding hydrogens is 254 g/mol. The highest BCUT2D eigenvalue weighted by molar-refractivity contribution is 5.89. The monoisotopic (exact) mass is 279 g/mol. The van der Waals surface area contributed by atoms with Gasteiger partial charge in [-0.25, -0.2) is 4.79 Å². The fraction of sp³-hybridized carbons (Fsp3) is 0.562. The summed E-state index contributed by atoms with van der Waals surface area (Å²) in [5, 5.41) is 9.24. The average molecular weight is 279 g/mol. The lowest BCUT2D eigenvalue weighted by Gasteiger charge is -2.37. The molecule has 112 valence electrons. The van der Waals surface area contributed by atoms with E-state index in [1.54, 1.807) is 11.0 Å². The van der Waals surface area contributed by atoms with Gasteiger partial charge in [0, 0.05) is 11.2 Å². The van der Waals surface area contributed by atoms with Crippen LogP contribution in [0, 0.1) is 0 Å². The van der Waals surface area contributed by atoms with Crippen LogP contribution < -0.4 is 4.90 Å². The van der Waals surface area contributed by atoms with E-state index >= 15 is 0 Å². The minimum atomic E-state index is -0.546. The van der Waals surface area contributed by atoms with Gasteiger partial charge in [0.2, 0.25) is 0 Å². The van der Waals surface area contributed by atoms with Crippen LogP contribution in [0.15, 0.2) is 24.3 Å². The Hall–Kier alpha value is -1.55. The number of carbonyl (C=O) groups is 1. The van der Waals surface area contributed by atoms with Crippen LogP contribution in [0.25, 0.3) is 0 Å².